The van der Waals surface area contributed by atoms with Crippen molar-refractivity contribution in [3.63, 3.8) is 0 Å². The molecule has 6 heterocycles. The summed E-state index contributed by atoms with van der Waals surface area (Å²) < 4.78 is 53.3. The molecule has 4 atom stereocenters. The largest absolute Gasteiger partial charge is 0.356 e. The molecule has 0 amide bonds. The fourth-order valence-corrected chi connectivity index (χ4v) is 14.0. The minimum atomic E-state index is -0.0648. The Morgan fingerprint density at radius 2 is 0.712 bits per heavy atom. The van der Waals surface area contributed by atoms with Gasteiger partial charge in [0.05, 0.1) is 38.6 Å². The van der Waals surface area contributed by atoms with E-state index in [-0.39, 0.29) is 43.7 Å². The Hall–Kier alpha value is 3.10. The van der Waals surface area contributed by atoms with E-state index in [1.807, 2.05) is 95.5 Å². The first-order valence-electron chi connectivity index (χ1n) is 23.0. The van der Waals surface area contributed by atoms with E-state index in [0.717, 1.165) is 66.3 Å². The maximum atomic E-state index is 5.25. The van der Waals surface area contributed by atoms with Gasteiger partial charge in [-0.1, -0.05) is 13.8 Å². The summed E-state index contributed by atoms with van der Waals surface area (Å²) in [5.41, 5.74) is 0. The van der Waals surface area contributed by atoms with E-state index in [1.54, 1.807) is 28.4 Å². The van der Waals surface area contributed by atoms with Crippen LogP contribution in [0.1, 0.15) is 110 Å². The van der Waals surface area contributed by atoms with Crippen LogP contribution in [0.25, 0.3) is 0 Å². The van der Waals surface area contributed by atoms with Crippen LogP contribution in [-0.4, -0.2) is 180 Å². The van der Waals surface area contributed by atoms with Crippen LogP contribution in [0, 0.1) is 0 Å². The quantitative estimate of drug-likeness (QED) is 0.216. The van der Waals surface area contributed by atoms with Gasteiger partial charge in [-0.3, -0.25) is 0 Å². The summed E-state index contributed by atoms with van der Waals surface area (Å²) in [5, 5.41) is 1.74. The maximum Gasteiger partial charge on any atom is 0.155 e. The van der Waals surface area contributed by atoms with Crippen LogP contribution in [0.5, 0.6) is 0 Å². The summed E-state index contributed by atoms with van der Waals surface area (Å²) in [5.74, 6) is 5.50. The molecule has 6 rings (SSSR count). The monoisotopic (exact) mass is 1130 g/mol. The van der Waals surface area contributed by atoms with Crippen molar-refractivity contribution in [1.82, 2.24) is 0 Å². The zero-order valence-electron chi connectivity index (χ0n) is 45.3. The lowest BCUT2D eigenvalue weighted by Gasteiger charge is -2.18. The first-order valence-corrected chi connectivity index (χ1v) is 34.2. The van der Waals surface area contributed by atoms with Crippen LogP contribution in [0.15, 0.2) is 0 Å². The van der Waals surface area contributed by atoms with Gasteiger partial charge in [-0.15, -0.1) is 70.6 Å². The van der Waals surface area contributed by atoms with Crippen molar-refractivity contribution in [3.8, 4) is 0 Å². The molecule has 0 aliphatic carbocycles. The molecule has 0 radical (unpaired) electrons. The number of ether oxygens (including phenoxy) is 10. The molecule has 66 heavy (non-hydrogen) atoms. The Morgan fingerprint density at radius 3 is 0.818 bits per heavy atom. The van der Waals surface area contributed by atoms with Crippen LogP contribution < -0.4 is 0 Å². The fraction of sp³-hybridized carbons (Fsp3) is 1.00. The van der Waals surface area contributed by atoms with Crippen molar-refractivity contribution in [2.24, 2.45) is 0 Å². The SMILES string of the molecule is CC1OC(C)C(C)O1.CC1OCCCO1.CC1OCCO1.CC1SC(C)C(C)S1.CC1SCCCS1.CC1SCCS1.COC(C)OC.COC(C)OC.CSC(C)SC.CSC(C)SC. The van der Waals surface area contributed by atoms with Crippen LogP contribution in [-0.2, 0) is 47.4 Å². The standard InChI is InChI=1S/C6H12O2.C6H12S2.C5H10O2.C5H10S2.C4H8O2.2C4H10O2.C4H8S2.2C4H10S2/c2*1-4-5(2)8-6(3)7-4;2*1-5-6-3-2-4-7-5;1-4-5-2-3-6-4;2*1-4(5-2)6-3;1-4-5-2-3-6-4;2*1-4(5-2)6-3/h2*4-6H,1-3H3;2*5H,2-4H2,1H3;4H,2-3H2,1H3;2*4H,1-3H3;4H,2-3H2,1H3;2*4H,1-3H3. The van der Waals surface area contributed by atoms with E-state index >= 15 is 0 Å². The van der Waals surface area contributed by atoms with Gasteiger partial charge < -0.3 is 47.4 Å². The third-order valence-corrected chi connectivity index (χ3v) is 23.1. The number of rotatable bonds is 8. The Labute approximate surface area is 451 Å². The highest BCUT2D eigenvalue weighted by molar-refractivity contribution is 8.21. The molecule has 0 aromatic carbocycles. The molecule has 4 unspecified atom stereocenters. The van der Waals surface area contributed by atoms with Crippen molar-refractivity contribution >= 4 is 118 Å². The van der Waals surface area contributed by atoms with Crippen LogP contribution in [0.2, 0.25) is 0 Å². The number of methoxy groups -OCH3 is 4. The fourth-order valence-electron chi connectivity index (χ4n) is 4.26. The average molecular weight is 1130 g/mol. The predicted octanol–water partition coefficient (Wildman–Crippen LogP) is 14.3. The number of hydrogen-bond donors (Lipinski definition) is 0. The van der Waals surface area contributed by atoms with Gasteiger partial charge in [-0.25, -0.2) is 0 Å². The molecule has 0 aromatic heterocycles. The highest BCUT2D eigenvalue weighted by Crippen LogP contribution is 2.42. The van der Waals surface area contributed by atoms with Crippen molar-refractivity contribution in [2.45, 2.75) is 187 Å². The van der Waals surface area contributed by atoms with Gasteiger partial charge in [-0.05, 0) is 132 Å². The minimum absolute atomic E-state index is 0.000000000000000222. The van der Waals surface area contributed by atoms with Crippen LogP contribution in [0.4, 0.5) is 0 Å². The van der Waals surface area contributed by atoms with Gasteiger partial charge in [0.1, 0.15) is 0 Å². The lowest BCUT2D eigenvalue weighted by Crippen LogP contribution is -2.21. The molecule has 10 nitrogen and oxygen atoms in total. The molecule has 0 saturated carbocycles. The number of hydrogen-bond acceptors (Lipinski definition) is 20. The molecule has 6 fully saturated rings. The molecular formula is C46H100O10S10. The first-order chi connectivity index (χ1) is 31.2. The van der Waals surface area contributed by atoms with E-state index in [1.165, 1.54) is 29.4 Å². The molecule has 6 saturated heterocycles. The summed E-state index contributed by atoms with van der Waals surface area (Å²) >= 11 is 20.0. The maximum absolute atomic E-state index is 5.25. The van der Waals surface area contributed by atoms with Gasteiger partial charge in [0.15, 0.2) is 31.5 Å². The van der Waals surface area contributed by atoms with Crippen LogP contribution in [0.3, 0.4) is 0 Å². The molecule has 0 bridgehead atoms. The Morgan fingerprint density at radius 1 is 0.409 bits per heavy atom. The molecule has 6 aliphatic heterocycles. The van der Waals surface area contributed by atoms with Crippen LogP contribution >= 0.6 is 118 Å². The molecule has 0 aromatic rings. The second-order valence-corrected chi connectivity index (χ2v) is 30.0. The average Bonchev–Trinajstić information content (AvgIpc) is 4.14. The lowest BCUT2D eigenvalue weighted by molar-refractivity contribution is -0.167. The molecule has 6 aliphatic rings. The Bertz CT molecular complexity index is 815. The van der Waals surface area contributed by atoms with Crippen molar-refractivity contribution in [1.29, 1.82) is 0 Å². The highest BCUT2D eigenvalue weighted by atomic mass is 32.2. The van der Waals surface area contributed by atoms with E-state index in [2.05, 4.69) is 163 Å². The second-order valence-electron chi connectivity index (χ2n) is 14.6. The van der Waals surface area contributed by atoms with E-state index in [9.17, 15) is 0 Å². The van der Waals surface area contributed by atoms with Crippen molar-refractivity contribution in [2.75, 3.05) is 103 Å². The highest BCUT2D eigenvalue weighted by Gasteiger charge is 2.26. The third kappa shape index (κ3) is 54.9. The minimum Gasteiger partial charge on any atom is -0.356 e. The molecule has 20 heteroatoms. The first kappa shape index (κ1) is 75.6. The van der Waals surface area contributed by atoms with Crippen molar-refractivity contribution < 1.29 is 47.4 Å². The summed E-state index contributed by atoms with van der Waals surface area (Å²) in [6, 6.07) is 0. The van der Waals surface area contributed by atoms with Gasteiger partial charge >= 0.3 is 0 Å². The molecule has 0 spiro atoms. The molecule has 404 valence electrons. The zero-order valence-corrected chi connectivity index (χ0v) is 53.5. The summed E-state index contributed by atoms with van der Waals surface area (Å²) in [4.78, 5) is 0. The van der Waals surface area contributed by atoms with E-state index in [0.29, 0.717) is 0 Å². The Kier molecular flexibility index (Phi) is 62.3. The molecular weight excluding hydrogens is 1030 g/mol. The number of thioether (sulfide) groups is 10. The van der Waals surface area contributed by atoms with Gasteiger partial charge in [0, 0.05) is 73.4 Å². The zero-order chi connectivity index (χ0) is 51.3. The Balaban J connectivity index is -0.000000324. The second kappa shape index (κ2) is 54.4. The van der Waals surface area contributed by atoms with E-state index < -0.39 is 0 Å². The normalized spacial score (nSPS) is 25.2. The predicted molar refractivity (Wildman–Crippen MR) is 315 cm³/mol. The third-order valence-electron chi connectivity index (χ3n) is 9.17. The van der Waals surface area contributed by atoms with Gasteiger partial charge in [0.2, 0.25) is 0 Å². The van der Waals surface area contributed by atoms with E-state index in [4.69, 9.17) is 28.4 Å². The topological polar surface area (TPSA) is 92.3 Å². The summed E-state index contributed by atoms with van der Waals surface area (Å²) in [7, 11) is 6.42. The van der Waals surface area contributed by atoms with Gasteiger partial charge in [0.25, 0.3) is 0 Å². The summed E-state index contributed by atoms with van der Waals surface area (Å²) in [6.45, 7) is 32.6. The van der Waals surface area contributed by atoms with Gasteiger partial charge in [-0.2, -0.15) is 47.0 Å². The molecule has 0 N–H and O–H groups in total. The van der Waals surface area contributed by atoms with Crippen molar-refractivity contribution in [3.05, 3.63) is 0 Å². The lowest BCUT2D eigenvalue weighted by atomic mass is 10.3. The summed E-state index contributed by atoms with van der Waals surface area (Å²) in [6.07, 6.45) is 11.5. The smallest absolute Gasteiger partial charge is 0.155 e.